The predicted molar refractivity (Wildman–Crippen MR) is 74.2 cm³/mol. The number of rotatable bonds is 3. The molecule has 1 aromatic carbocycles. The molecule has 102 valence electrons. The van der Waals surface area contributed by atoms with Gasteiger partial charge in [0, 0.05) is 12.6 Å². The maximum Gasteiger partial charge on any atom is 0.335 e. The molecule has 1 aliphatic carbocycles. The summed E-state index contributed by atoms with van der Waals surface area (Å²) >= 11 is 0. The van der Waals surface area contributed by atoms with Crippen molar-refractivity contribution < 1.29 is 9.90 Å². The summed E-state index contributed by atoms with van der Waals surface area (Å²) in [6.07, 6.45) is 6.84. The van der Waals surface area contributed by atoms with Crippen molar-refractivity contribution in [3.8, 4) is 0 Å². The molecule has 2 atom stereocenters. The van der Waals surface area contributed by atoms with Crippen LogP contribution in [0.1, 0.15) is 48.0 Å². The van der Waals surface area contributed by atoms with Crippen molar-refractivity contribution >= 4 is 5.97 Å². The quantitative estimate of drug-likeness (QED) is 0.906. The van der Waals surface area contributed by atoms with Crippen LogP contribution in [0, 0.1) is 5.92 Å². The second-order valence-electron chi connectivity index (χ2n) is 5.87. The summed E-state index contributed by atoms with van der Waals surface area (Å²) in [7, 11) is 0. The highest BCUT2D eigenvalue weighted by Gasteiger charge is 2.34. The van der Waals surface area contributed by atoms with Gasteiger partial charge in [0.05, 0.1) is 5.56 Å². The molecule has 2 aliphatic rings. The fraction of sp³-hybridized carbons (Fsp3) is 0.562. The lowest BCUT2D eigenvalue weighted by molar-refractivity contribution is 0.0697. The molecular formula is C16H21NO2. The Balaban J connectivity index is 1.68. The maximum absolute atomic E-state index is 10.8. The first-order valence-electron chi connectivity index (χ1n) is 7.30. The number of piperidine rings is 1. The van der Waals surface area contributed by atoms with Crippen molar-refractivity contribution in [3.05, 3.63) is 35.4 Å². The van der Waals surface area contributed by atoms with E-state index in [2.05, 4.69) is 4.90 Å². The molecule has 0 aromatic heterocycles. The molecule has 1 saturated heterocycles. The van der Waals surface area contributed by atoms with Crippen molar-refractivity contribution in [2.75, 3.05) is 6.54 Å². The number of nitrogens with zero attached hydrogens (tertiary/aromatic N) is 1. The first kappa shape index (κ1) is 12.7. The number of hydrogen-bond donors (Lipinski definition) is 1. The molecule has 1 saturated carbocycles. The summed E-state index contributed by atoms with van der Waals surface area (Å²) in [5.74, 6) is 0.0624. The van der Waals surface area contributed by atoms with Crippen LogP contribution in [0.5, 0.6) is 0 Å². The third-order valence-corrected chi connectivity index (χ3v) is 4.69. The monoisotopic (exact) mass is 259 g/mol. The number of aromatic carboxylic acids is 1. The first-order valence-corrected chi connectivity index (χ1v) is 7.30. The predicted octanol–water partition coefficient (Wildman–Crippen LogP) is 3.15. The molecule has 1 aromatic rings. The van der Waals surface area contributed by atoms with Gasteiger partial charge in [-0.05, 0) is 55.8 Å². The zero-order valence-corrected chi connectivity index (χ0v) is 11.2. The average molecular weight is 259 g/mol. The standard InChI is InChI=1S/C16H21NO2/c18-16(19)14-8-6-12(7-9-14)11-17-10-2-4-13-3-1-5-15(13)17/h6-9,13,15H,1-5,10-11H2,(H,18,19). The Bertz CT molecular complexity index is 454. The number of hydrogen-bond acceptors (Lipinski definition) is 2. The lowest BCUT2D eigenvalue weighted by Crippen LogP contribution is -2.41. The number of carboxylic acid groups (broad SMARTS) is 1. The molecule has 0 radical (unpaired) electrons. The number of fused-ring (bicyclic) bond motifs is 1. The van der Waals surface area contributed by atoms with E-state index < -0.39 is 5.97 Å². The van der Waals surface area contributed by atoms with Gasteiger partial charge in [0.1, 0.15) is 0 Å². The van der Waals surface area contributed by atoms with Gasteiger partial charge in [-0.1, -0.05) is 18.6 Å². The molecule has 1 aliphatic heterocycles. The first-order chi connectivity index (χ1) is 9.24. The van der Waals surface area contributed by atoms with E-state index in [0.29, 0.717) is 5.56 Å². The van der Waals surface area contributed by atoms with E-state index in [9.17, 15) is 4.79 Å². The normalized spacial score (nSPS) is 27.2. The summed E-state index contributed by atoms with van der Waals surface area (Å²) in [5, 5.41) is 8.91. The van der Waals surface area contributed by atoms with Crippen LogP contribution < -0.4 is 0 Å². The zero-order chi connectivity index (χ0) is 13.2. The van der Waals surface area contributed by atoms with Crippen LogP contribution in [0.4, 0.5) is 0 Å². The number of carboxylic acids is 1. The number of likely N-dealkylation sites (tertiary alicyclic amines) is 1. The fourth-order valence-electron chi connectivity index (χ4n) is 3.74. The van der Waals surface area contributed by atoms with Crippen LogP contribution in [-0.2, 0) is 6.54 Å². The van der Waals surface area contributed by atoms with E-state index in [0.717, 1.165) is 18.5 Å². The highest BCUT2D eigenvalue weighted by Crippen LogP contribution is 2.37. The lowest BCUT2D eigenvalue weighted by atomic mass is 9.91. The van der Waals surface area contributed by atoms with Crippen molar-refractivity contribution in [2.45, 2.75) is 44.7 Å². The van der Waals surface area contributed by atoms with Crippen LogP contribution >= 0.6 is 0 Å². The Hall–Kier alpha value is -1.35. The molecule has 3 rings (SSSR count). The third-order valence-electron chi connectivity index (χ3n) is 4.69. The molecular weight excluding hydrogens is 238 g/mol. The minimum atomic E-state index is -0.847. The Morgan fingerprint density at radius 3 is 2.63 bits per heavy atom. The summed E-state index contributed by atoms with van der Waals surface area (Å²) in [6.45, 7) is 2.17. The summed E-state index contributed by atoms with van der Waals surface area (Å²) < 4.78 is 0. The van der Waals surface area contributed by atoms with Gasteiger partial charge in [0.25, 0.3) is 0 Å². The van der Waals surface area contributed by atoms with Crippen molar-refractivity contribution in [3.63, 3.8) is 0 Å². The van der Waals surface area contributed by atoms with Crippen LogP contribution in [0.2, 0.25) is 0 Å². The second-order valence-corrected chi connectivity index (χ2v) is 5.87. The van der Waals surface area contributed by atoms with E-state index in [1.54, 1.807) is 12.1 Å². The highest BCUT2D eigenvalue weighted by molar-refractivity contribution is 5.87. The van der Waals surface area contributed by atoms with Gasteiger partial charge in [0.15, 0.2) is 0 Å². The number of benzene rings is 1. The SMILES string of the molecule is O=C(O)c1ccc(CN2CCCC3CCCC32)cc1. The molecule has 19 heavy (non-hydrogen) atoms. The van der Waals surface area contributed by atoms with Gasteiger partial charge in [-0.25, -0.2) is 4.79 Å². The van der Waals surface area contributed by atoms with E-state index in [1.807, 2.05) is 12.1 Å². The van der Waals surface area contributed by atoms with Gasteiger partial charge >= 0.3 is 5.97 Å². The minimum Gasteiger partial charge on any atom is -0.478 e. The van der Waals surface area contributed by atoms with Gasteiger partial charge in [-0.15, -0.1) is 0 Å². The van der Waals surface area contributed by atoms with Crippen LogP contribution in [0.15, 0.2) is 24.3 Å². The molecule has 2 fully saturated rings. The summed E-state index contributed by atoms with van der Waals surface area (Å²) in [5.41, 5.74) is 1.61. The Labute approximate surface area is 114 Å². The fourth-order valence-corrected chi connectivity index (χ4v) is 3.74. The van der Waals surface area contributed by atoms with E-state index in [4.69, 9.17) is 5.11 Å². The van der Waals surface area contributed by atoms with Crippen LogP contribution in [0.3, 0.4) is 0 Å². The molecule has 3 heteroatoms. The maximum atomic E-state index is 10.8. The Morgan fingerprint density at radius 1 is 1.16 bits per heavy atom. The average Bonchev–Trinajstić information content (AvgIpc) is 2.89. The van der Waals surface area contributed by atoms with E-state index >= 15 is 0 Å². The smallest absolute Gasteiger partial charge is 0.335 e. The molecule has 0 bridgehead atoms. The van der Waals surface area contributed by atoms with E-state index in [1.165, 1.54) is 44.2 Å². The Kier molecular flexibility index (Phi) is 3.56. The molecule has 0 spiro atoms. The van der Waals surface area contributed by atoms with Gasteiger partial charge in [0.2, 0.25) is 0 Å². The highest BCUT2D eigenvalue weighted by atomic mass is 16.4. The largest absolute Gasteiger partial charge is 0.478 e. The van der Waals surface area contributed by atoms with Crippen LogP contribution in [0.25, 0.3) is 0 Å². The molecule has 2 unspecified atom stereocenters. The second kappa shape index (κ2) is 5.33. The summed E-state index contributed by atoms with van der Waals surface area (Å²) in [4.78, 5) is 13.4. The number of carbonyl (C=O) groups is 1. The molecule has 0 amide bonds. The van der Waals surface area contributed by atoms with E-state index in [-0.39, 0.29) is 0 Å². The van der Waals surface area contributed by atoms with Gasteiger partial charge in [-0.2, -0.15) is 0 Å². The van der Waals surface area contributed by atoms with Crippen molar-refractivity contribution in [1.29, 1.82) is 0 Å². The van der Waals surface area contributed by atoms with Crippen LogP contribution in [-0.4, -0.2) is 28.6 Å². The molecule has 3 nitrogen and oxygen atoms in total. The Morgan fingerprint density at radius 2 is 1.89 bits per heavy atom. The minimum absolute atomic E-state index is 0.376. The van der Waals surface area contributed by atoms with Gasteiger partial charge < -0.3 is 5.11 Å². The summed E-state index contributed by atoms with van der Waals surface area (Å²) in [6, 6.07) is 8.12. The third kappa shape index (κ3) is 2.66. The molecule has 1 heterocycles. The lowest BCUT2D eigenvalue weighted by Gasteiger charge is -2.37. The van der Waals surface area contributed by atoms with Gasteiger partial charge in [-0.3, -0.25) is 4.90 Å². The van der Waals surface area contributed by atoms with Crippen molar-refractivity contribution in [1.82, 2.24) is 4.90 Å². The molecule has 1 N–H and O–H groups in total. The van der Waals surface area contributed by atoms with Crippen molar-refractivity contribution in [2.24, 2.45) is 5.92 Å². The topological polar surface area (TPSA) is 40.5 Å². The zero-order valence-electron chi connectivity index (χ0n) is 11.2.